The Morgan fingerprint density at radius 1 is 1.52 bits per heavy atom. The Bertz CT molecular complexity index is 631. The molecule has 1 atom stereocenters. The van der Waals surface area contributed by atoms with Gasteiger partial charge in [0.05, 0.1) is 18.1 Å². The largest absolute Gasteiger partial charge is 0.463 e. The van der Waals surface area contributed by atoms with E-state index in [4.69, 9.17) is 4.74 Å². The molecule has 2 aliphatic rings. The molecule has 0 radical (unpaired) electrons. The molecular weight excluding hydrogens is 288 g/mol. The maximum Gasteiger partial charge on any atom is 0.336 e. The van der Waals surface area contributed by atoms with Crippen LogP contribution < -0.4 is 5.32 Å². The van der Waals surface area contributed by atoms with Gasteiger partial charge in [0.1, 0.15) is 5.01 Å². The Balaban J connectivity index is 2.05. The number of carbonyl (C=O) groups excluding carboxylic acids is 2. The summed E-state index contributed by atoms with van der Waals surface area (Å²) in [6, 6.07) is 0. The molecule has 3 rings (SSSR count). The molecule has 2 heterocycles. The van der Waals surface area contributed by atoms with Crippen molar-refractivity contribution in [3.05, 3.63) is 39.6 Å². The maximum absolute atomic E-state index is 12.4. The van der Waals surface area contributed by atoms with E-state index in [2.05, 4.69) is 10.3 Å². The maximum atomic E-state index is 12.4. The Hall–Kier alpha value is -1.95. The minimum absolute atomic E-state index is 0.0962. The minimum Gasteiger partial charge on any atom is -0.463 e. The van der Waals surface area contributed by atoms with E-state index < -0.39 is 11.9 Å². The lowest BCUT2D eigenvalue weighted by molar-refractivity contribution is -0.138. The lowest BCUT2D eigenvalue weighted by Crippen LogP contribution is -2.31. The van der Waals surface area contributed by atoms with Crippen molar-refractivity contribution in [3.8, 4) is 0 Å². The van der Waals surface area contributed by atoms with E-state index in [1.807, 2.05) is 5.38 Å². The number of allylic oxidation sites excluding steroid dienone is 2. The van der Waals surface area contributed by atoms with Gasteiger partial charge >= 0.3 is 5.97 Å². The number of hydrogen-bond donors (Lipinski definition) is 1. The standard InChI is InChI=1S/C15H16N2O3S/c1-2-20-15(19)9-8-17-10-4-3-5-11(18)13(10)12(9)14-16-6-7-21-14/h6-8,12,17H,2-5H2,1H3. The molecule has 5 nitrogen and oxygen atoms in total. The highest BCUT2D eigenvalue weighted by Crippen LogP contribution is 2.41. The van der Waals surface area contributed by atoms with Crippen molar-refractivity contribution < 1.29 is 14.3 Å². The molecule has 0 amide bonds. The second-order valence-electron chi connectivity index (χ2n) is 4.94. The van der Waals surface area contributed by atoms with E-state index in [0.29, 0.717) is 24.2 Å². The Labute approximate surface area is 126 Å². The molecule has 0 fully saturated rings. The van der Waals surface area contributed by atoms with Gasteiger partial charge in [-0.25, -0.2) is 9.78 Å². The van der Waals surface area contributed by atoms with Crippen LogP contribution in [0, 0.1) is 0 Å². The number of dihydropyridines is 1. The summed E-state index contributed by atoms with van der Waals surface area (Å²) in [5.74, 6) is -0.693. The number of nitrogens with zero attached hydrogens (tertiary/aromatic N) is 1. The predicted molar refractivity (Wildman–Crippen MR) is 78.6 cm³/mol. The van der Waals surface area contributed by atoms with Gasteiger partial charge in [-0.05, 0) is 19.8 Å². The van der Waals surface area contributed by atoms with Crippen LogP contribution in [0.3, 0.4) is 0 Å². The molecule has 1 aromatic heterocycles. The van der Waals surface area contributed by atoms with Crippen molar-refractivity contribution in [1.82, 2.24) is 10.3 Å². The lowest BCUT2D eigenvalue weighted by atomic mass is 9.80. The first kappa shape index (κ1) is 14.0. The van der Waals surface area contributed by atoms with Crippen LogP contribution in [0.25, 0.3) is 0 Å². The summed E-state index contributed by atoms with van der Waals surface area (Å²) in [6.45, 7) is 2.07. The van der Waals surface area contributed by atoms with Gasteiger partial charge in [-0.1, -0.05) is 0 Å². The molecule has 1 aliphatic heterocycles. The van der Waals surface area contributed by atoms with Gasteiger partial charge in [0.25, 0.3) is 0 Å². The lowest BCUT2D eigenvalue weighted by Gasteiger charge is -2.30. The van der Waals surface area contributed by atoms with Gasteiger partial charge in [0, 0.05) is 35.5 Å². The number of ether oxygens (including phenoxy) is 1. The van der Waals surface area contributed by atoms with Crippen molar-refractivity contribution >= 4 is 23.1 Å². The van der Waals surface area contributed by atoms with E-state index in [-0.39, 0.29) is 5.78 Å². The van der Waals surface area contributed by atoms with Gasteiger partial charge in [0.15, 0.2) is 5.78 Å². The van der Waals surface area contributed by atoms with Gasteiger partial charge in [-0.2, -0.15) is 0 Å². The van der Waals surface area contributed by atoms with Gasteiger partial charge < -0.3 is 10.1 Å². The average Bonchev–Trinajstić information content (AvgIpc) is 3.00. The first-order valence-corrected chi connectivity index (χ1v) is 7.89. The number of rotatable bonds is 3. The molecule has 0 saturated heterocycles. The number of carbonyl (C=O) groups is 2. The van der Waals surface area contributed by atoms with Gasteiger partial charge in [-0.15, -0.1) is 11.3 Å². The van der Waals surface area contributed by atoms with Crippen LogP contribution in [0.2, 0.25) is 0 Å². The molecule has 1 unspecified atom stereocenters. The Morgan fingerprint density at radius 3 is 3.10 bits per heavy atom. The summed E-state index contributed by atoms with van der Waals surface area (Å²) >= 11 is 1.45. The van der Waals surface area contributed by atoms with E-state index in [1.54, 1.807) is 19.3 Å². The third-order valence-corrected chi connectivity index (χ3v) is 4.51. The monoisotopic (exact) mass is 304 g/mol. The zero-order valence-electron chi connectivity index (χ0n) is 11.7. The zero-order chi connectivity index (χ0) is 14.8. The summed E-state index contributed by atoms with van der Waals surface area (Å²) in [5.41, 5.74) is 2.06. The summed E-state index contributed by atoms with van der Waals surface area (Å²) in [4.78, 5) is 28.9. The second kappa shape index (κ2) is 5.81. The Morgan fingerprint density at radius 2 is 2.38 bits per heavy atom. The molecule has 6 heteroatoms. The number of ketones is 1. The molecule has 1 aromatic rings. The van der Waals surface area contributed by atoms with Crippen molar-refractivity contribution in [1.29, 1.82) is 0 Å². The van der Waals surface area contributed by atoms with E-state index in [9.17, 15) is 9.59 Å². The minimum atomic E-state index is -0.395. The summed E-state index contributed by atoms with van der Waals surface area (Å²) < 4.78 is 5.12. The van der Waals surface area contributed by atoms with E-state index >= 15 is 0 Å². The molecule has 0 bridgehead atoms. The third kappa shape index (κ3) is 2.51. The highest BCUT2D eigenvalue weighted by Gasteiger charge is 2.38. The second-order valence-corrected chi connectivity index (χ2v) is 5.86. The molecule has 0 aromatic carbocycles. The summed E-state index contributed by atoms with van der Waals surface area (Å²) in [5, 5.41) is 5.72. The van der Waals surface area contributed by atoms with E-state index in [1.165, 1.54) is 11.3 Å². The quantitative estimate of drug-likeness (QED) is 0.868. The molecular formula is C15H16N2O3S. The molecule has 1 aliphatic carbocycles. The highest BCUT2D eigenvalue weighted by molar-refractivity contribution is 7.09. The normalized spacial score (nSPS) is 21.5. The molecule has 21 heavy (non-hydrogen) atoms. The highest BCUT2D eigenvalue weighted by atomic mass is 32.1. The summed E-state index contributed by atoms with van der Waals surface area (Å²) in [7, 11) is 0. The fourth-order valence-electron chi connectivity index (χ4n) is 2.78. The molecule has 0 spiro atoms. The van der Waals surface area contributed by atoms with Crippen molar-refractivity contribution in [2.75, 3.05) is 6.61 Å². The fraction of sp³-hybridized carbons (Fsp3) is 0.400. The topological polar surface area (TPSA) is 68.3 Å². The molecule has 110 valence electrons. The van der Waals surface area contributed by atoms with Crippen molar-refractivity contribution in [2.24, 2.45) is 0 Å². The van der Waals surface area contributed by atoms with Gasteiger partial charge in [0.2, 0.25) is 0 Å². The zero-order valence-corrected chi connectivity index (χ0v) is 12.5. The molecule has 1 N–H and O–H groups in total. The van der Waals surface area contributed by atoms with Crippen LogP contribution in [0.5, 0.6) is 0 Å². The third-order valence-electron chi connectivity index (χ3n) is 3.67. The van der Waals surface area contributed by atoms with Crippen LogP contribution in [0.1, 0.15) is 37.1 Å². The van der Waals surface area contributed by atoms with Crippen LogP contribution in [0.4, 0.5) is 0 Å². The number of esters is 1. The predicted octanol–water partition coefficient (Wildman–Crippen LogP) is 2.28. The number of hydrogen-bond acceptors (Lipinski definition) is 6. The van der Waals surface area contributed by atoms with Crippen LogP contribution in [-0.4, -0.2) is 23.3 Å². The van der Waals surface area contributed by atoms with Crippen molar-refractivity contribution in [3.63, 3.8) is 0 Å². The van der Waals surface area contributed by atoms with Gasteiger partial charge in [-0.3, -0.25) is 4.79 Å². The first-order valence-electron chi connectivity index (χ1n) is 7.01. The van der Waals surface area contributed by atoms with E-state index in [0.717, 1.165) is 23.5 Å². The molecule has 0 saturated carbocycles. The van der Waals surface area contributed by atoms with Crippen molar-refractivity contribution in [2.45, 2.75) is 32.1 Å². The van der Waals surface area contributed by atoms with Crippen LogP contribution >= 0.6 is 11.3 Å². The average molecular weight is 304 g/mol. The van der Waals surface area contributed by atoms with Crippen LogP contribution in [-0.2, 0) is 14.3 Å². The number of Topliss-reactive ketones (excluding diaryl/α,β-unsaturated/α-hetero) is 1. The Kier molecular flexibility index (Phi) is 3.88. The first-order chi connectivity index (χ1) is 10.2. The summed E-state index contributed by atoms with van der Waals surface area (Å²) in [6.07, 6.45) is 5.56. The smallest absolute Gasteiger partial charge is 0.336 e. The number of aromatic nitrogens is 1. The van der Waals surface area contributed by atoms with Crippen LogP contribution in [0.15, 0.2) is 34.6 Å². The number of thiazole rings is 1. The fourth-order valence-corrected chi connectivity index (χ4v) is 3.54. The SMILES string of the molecule is CCOC(=O)C1=CNC2=C(C(=O)CCC2)C1c1nccs1. The number of nitrogens with one attached hydrogen (secondary N) is 1.